The summed E-state index contributed by atoms with van der Waals surface area (Å²) in [6.07, 6.45) is 3.28. The van der Waals surface area contributed by atoms with Gasteiger partial charge in [0.25, 0.3) is 5.56 Å². The van der Waals surface area contributed by atoms with Gasteiger partial charge in [-0.1, -0.05) is 6.08 Å². The number of nitrogen functional groups attached to an aromatic ring is 1. The number of pyridine rings is 1. The quantitative estimate of drug-likeness (QED) is 0.803. The zero-order chi connectivity index (χ0) is 10.0. The third-order valence-electron chi connectivity index (χ3n) is 1.83. The molecule has 13 heavy (non-hydrogen) atoms. The molecule has 0 bridgehead atoms. The number of anilines is 1. The van der Waals surface area contributed by atoms with Crippen LogP contribution in [-0.2, 0) is 6.54 Å². The van der Waals surface area contributed by atoms with Crippen LogP contribution < -0.4 is 11.3 Å². The van der Waals surface area contributed by atoms with Crippen LogP contribution in [0.3, 0.4) is 0 Å². The van der Waals surface area contributed by atoms with Gasteiger partial charge >= 0.3 is 0 Å². The van der Waals surface area contributed by atoms with Crippen LogP contribution in [0.1, 0.15) is 5.56 Å². The summed E-state index contributed by atoms with van der Waals surface area (Å²) in [6.45, 7) is 5.84. The van der Waals surface area contributed by atoms with E-state index in [0.717, 1.165) is 5.56 Å². The van der Waals surface area contributed by atoms with Crippen LogP contribution >= 0.6 is 15.9 Å². The van der Waals surface area contributed by atoms with Gasteiger partial charge in [0.05, 0.1) is 10.2 Å². The summed E-state index contributed by atoms with van der Waals surface area (Å²) in [5.41, 5.74) is 7.01. The SMILES string of the molecule is C=CCn1cc(N)c(C)c(Br)c1=O. The molecule has 0 fully saturated rings. The molecule has 0 atom stereocenters. The monoisotopic (exact) mass is 242 g/mol. The van der Waals surface area contributed by atoms with Crippen molar-refractivity contribution in [1.82, 2.24) is 4.57 Å². The molecule has 0 aliphatic rings. The van der Waals surface area contributed by atoms with E-state index in [4.69, 9.17) is 5.73 Å². The Labute approximate surface area is 85.0 Å². The highest BCUT2D eigenvalue weighted by Crippen LogP contribution is 2.16. The van der Waals surface area contributed by atoms with Gasteiger partial charge in [0.15, 0.2) is 0 Å². The minimum atomic E-state index is -0.0772. The number of hydrogen-bond donors (Lipinski definition) is 1. The summed E-state index contributed by atoms with van der Waals surface area (Å²) in [4.78, 5) is 11.5. The first-order chi connectivity index (χ1) is 6.07. The van der Waals surface area contributed by atoms with Crippen molar-refractivity contribution in [2.45, 2.75) is 13.5 Å². The van der Waals surface area contributed by atoms with Crippen molar-refractivity contribution >= 4 is 21.6 Å². The zero-order valence-corrected chi connectivity index (χ0v) is 8.97. The molecule has 0 spiro atoms. The summed E-state index contributed by atoms with van der Waals surface area (Å²) < 4.78 is 2.04. The minimum Gasteiger partial charge on any atom is -0.397 e. The Hall–Kier alpha value is -1.03. The van der Waals surface area contributed by atoms with Gasteiger partial charge in [0.1, 0.15) is 0 Å². The minimum absolute atomic E-state index is 0.0772. The second kappa shape index (κ2) is 3.79. The van der Waals surface area contributed by atoms with E-state index in [9.17, 15) is 4.79 Å². The molecular formula is C9H11BrN2O. The van der Waals surface area contributed by atoms with Gasteiger partial charge < -0.3 is 10.3 Å². The number of halogens is 1. The predicted molar refractivity (Wildman–Crippen MR) is 57.7 cm³/mol. The predicted octanol–water partition coefficient (Wildman–Crippen LogP) is 1.69. The van der Waals surface area contributed by atoms with E-state index < -0.39 is 0 Å². The lowest BCUT2D eigenvalue weighted by atomic mass is 10.2. The molecule has 1 heterocycles. The Morgan fingerprint density at radius 3 is 2.92 bits per heavy atom. The van der Waals surface area contributed by atoms with Crippen LogP contribution in [0.5, 0.6) is 0 Å². The Balaban J connectivity index is 3.40. The van der Waals surface area contributed by atoms with Crippen molar-refractivity contribution in [3.63, 3.8) is 0 Å². The first-order valence-corrected chi connectivity index (χ1v) is 4.63. The average molecular weight is 243 g/mol. The summed E-state index contributed by atoms with van der Waals surface area (Å²) in [7, 11) is 0. The van der Waals surface area contributed by atoms with Gasteiger partial charge in [-0.3, -0.25) is 4.79 Å². The lowest BCUT2D eigenvalue weighted by molar-refractivity contribution is 0.775. The topological polar surface area (TPSA) is 48.0 Å². The highest BCUT2D eigenvalue weighted by Gasteiger charge is 2.06. The highest BCUT2D eigenvalue weighted by atomic mass is 79.9. The maximum absolute atomic E-state index is 11.5. The van der Waals surface area contributed by atoms with E-state index in [0.29, 0.717) is 16.7 Å². The highest BCUT2D eigenvalue weighted by molar-refractivity contribution is 9.10. The molecule has 0 saturated carbocycles. The molecule has 0 radical (unpaired) electrons. The van der Waals surface area contributed by atoms with E-state index >= 15 is 0 Å². The number of aromatic nitrogens is 1. The van der Waals surface area contributed by atoms with Gasteiger partial charge in [0.2, 0.25) is 0 Å². The van der Waals surface area contributed by atoms with Crippen LogP contribution in [0, 0.1) is 6.92 Å². The molecule has 0 saturated heterocycles. The van der Waals surface area contributed by atoms with Gasteiger partial charge in [-0.2, -0.15) is 0 Å². The van der Waals surface area contributed by atoms with E-state index in [1.54, 1.807) is 19.2 Å². The second-order valence-corrected chi connectivity index (χ2v) is 3.56. The normalized spacial score (nSPS) is 10.0. The summed E-state index contributed by atoms with van der Waals surface area (Å²) in [5.74, 6) is 0. The van der Waals surface area contributed by atoms with Crippen LogP contribution in [0.2, 0.25) is 0 Å². The molecule has 1 aromatic rings. The number of rotatable bonds is 2. The number of nitrogens with two attached hydrogens (primary N) is 1. The number of hydrogen-bond acceptors (Lipinski definition) is 2. The van der Waals surface area contributed by atoms with Crippen molar-refractivity contribution < 1.29 is 0 Å². The average Bonchev–Trinajstić information content (AvgIpc) is 2.11. The molecule has 0 unspecified atom stereocenters. The Morgan fingerprint density at radius 1 is 1.77 bits per heavy atom. The molecule has 0 aliphatic heterocycles. The lowest BCUT2D eigenvalue weighted by Crippen LogP contribution is -2.21. The van der Waals surface area contributed by atoms with Gasteiger partial charge in [-0.25, -0.2) is 0 Å². The fourth-order valence-electron chi connectivity index (χ4n) is 1.01. The fraction of sp³-hybridized carbons (Fsp3) is 0.222. The number of nitrogens with zero attached hydrogens (tertiary/aromatic N) is 1. The fourth-order valence-corrected chi connectivity index (χ4v) is 1.47. The summed E-state index contributed by atoms with van der Waals surface area (Å²) in [6, 6.07) is 0. The maximum atomic E-state index is 11.5. The Bertz CT molecular complexity index is 395. The third-order valence-corrected chi connectivity index (χ3v) is 2.77. The molecular weight excluding hydrogens is 232 g/mol. The molecule has 0 amide bonds. The van der Waals surface area contributed by atoms with E-state index in [1.165, 1.54) is 4.57 Å². The molecule has 3 nitrogen and oxygen atoms in total. The van der Waals surface area contributed by atoms with E-state index in [2.05, 4.69) is 22.5 Å². The molecule has 4 heteroatoms. The standard InChI is InChI=1S/C9H11BrN2O/c1-3-4-12-5-7(11)6(2)8(10)9(12)13/h3,5H,1,4,11H2,2H3. The number of allylic oxidation sites excluding steroid dienone is 1. The molecule has 0 aromatic carbocycles. The van der Waals surface area contributed by atoms with Crippen LogP contribution in [0.25, 0.3) is 0 Å². The summed E-state index contributed by atoms with van der Waals surface area (Å²) >= 11 is 3.20. The smallest absolute Gasteiger partial charge is 0.265 e. The molecule has 2 N–H and O–H groups in total. The maximum Gasteiger partial charge on any atom is 0.265 e. The second-order valence-electron chi connectivity index (χ2n) is 2.77. The third kappa shape index (κ3) is 1.83. The van der Waals surface area contributed by atoms with Gasteiger partial charge in [-0.05, 0) is 28.4 Å². The molecule has 70 valence electrons. The summed E-state index contributed by atoms with van der Waals surface area (Å²) in [5, 5.41) is 0. The van der Waals surface area contributed by atoms with Gasteiger partial charge in [0, 0.05) is 12.7 Å². The van der Waals surface area contributed by atoms with E-state index in [1.807, 2.05) is 0 Å². The molecule has 0 aliphatic carbocycles. The van der Waals surface area contributed by atoms with Crippen LogP contribution in [0.15, 0.2) is 28.1 Å². The Kier molecular flexibility index (Phi) is 2.93. The van der Waals surface area contributed by atoms with E-state index in [-0.39, 0.29) is 5.56 Å². The van der Waals surface area contributed by atoms with Crippen molar-refractivity contribution in [2.75, 3.05) is 5.73 Å². The molecule has 1 aromatic heterocycles. The van der Waals surface area contributed by atoms with Crippen molar-refractivity contribution in [3.8, 4) is 0 Å². The van der Waals surface area contributed by atoms with Crippen molar-refractivity contribution in [3.05, 3.63) is 39.2 Å². The first kappa shape index (κ1) is 10.1. The Morgan fingerprint density at radius 2 is 2.38 bits per heavy atom. The lowest BCUT2D eigenvalue weighted by Gasteiger charge is -2.07. The van der Waals surface area contributed by atoms with Crippen LogP contribution in [0.4, 0.5) is 5.69 Å². The largest absolute Gasteiger partial charge is 0.397 e. The van der Waals surface area contributed by atoms with Crippen molar-refractivity contribution in [2.24, 2.45) is 0 Å². The zero-order valence-electron chi connectivity index (χ0n) is 7.38. The van der Waals surface area contributed by atoms with Crippen molar-refractivity contribution in [1.29, 1.82) is 0 Å². The van der Waals surface area contributed by atoms with Crippen LogP contribution in [-0.4, -0.2) is 4.57 Å². The first-order valence-electron chi connectivity index (χ1n) is 3.83. The van der Waals surface area contributed by atoms with Gasteiger partial charge in [-0.15, -0.1) is 6.58 Å². The molecule has 1 rings (SSSR count).